The van der Waals surface area contributed by atoms with Crippen LogP contribution in [0.2, 0.25) is 0 Å². The van der Waals surface area contributed by atoms with E-state index in [0.717, 1.165) is 33.6 Å². The van der Waals surface area contributed by atoms with Gasteiger partial charge in [-0.1, -0.05) is 78.9 Å². The predicted molar refractivity (Wildman–Crippen MR) is 161 cm³/mol. The number of nitrogens with zero attached hydrogens (tertiary/aromatic N) is 1. The minimum absolute atomic E-state index is 0.221. The van der Waals surface area contributed by atoms with E-state index < -0.39 is 29.0 Å². The van der Waals surface area contributed by atoms with Crippen LogP contribution < -0.4 is 5.32 Å². The Kier molecular flexibility index (Phi) is 6.24. The number of aromatic nitrogens is 1. The van der Waals surface area contributed by atoms with Crippen LogP contribution in [0.1, 0.15) is 0 Å². The standard InChI is InChI=1S/C36H22F4N2/c37-30-21-31(38)35(40)36(34(30)39)42-32-9-5-4-8-28(32)29-20-25(14-19-33(29)42)24-12-17-27(18-13-24)41-26-15-10-23(11-16-26)22-6-2-1-3-7-22/h1-21,41H. The van der Waals surface area contributed by atoms with Crippen LogP contribution in [0.15, 0.2) is 127 Å². The molecule has 0 spiro atoms. The van der Waals surface area contributed by atoms with E-state index in [1.165, 1.54) is 4.57 Å². The summed E-state index contributed by atoms with van der Waals surface area (Å²) in [5.74, 6) is -5.79. The van der Waals surface area contributed by atoms with E-state index in [9.17, 15) is 17.6 Å². The van der Waals surface area contributed by atoms with Gasteiger partial charge in [0, 0.05) is 28.2 Å². The molecule has 0 aliphatic carbocycles. The predicted octanol–water partition coefficient (Wildman–Crippen LogP) is 10.4. The first-order valence-corrected chi connectivity index (χ1v) is 13.4. The topological polar surface area (TPSA) is 17.0 Å². The summed E-state index contributed by atoms with van der Waals surface area (Å²) >= 11 is 0. The molecule has 0 amide bonds. The second kappa shape index (κ2) is 10.2. The zero-order valence-corrected chi connectivity index (χ0v) is 22.1. The number of benzene rings is 6. The molecule has 0 fully saturated rings. The smallest absolute Gasteiger partial charge is 0.186 e. The molecule has 6 aromatic carbocycles. The molecule has 2 nitrogen and oxygen atoms in total. The first-order valence-electron chi connectivity index (χ1n) is 13.4. The summed E-state index contributed by atoms with van der Waals surface area (Å²) in [6.07, 6.45) is 0. The molecule has 0 saturated carbocycles. The van der Waals surface area contributed by atoms with E-state index in [4.69, 9.17) is 0 Å². The summed E-state index contributed by atoms with van der Waals surface area (Å²) in [5.41, 5.74) is 6.09. The van der Waals surface area contributed by atoms with Gasteiger partial charge in [0.25, 0.3) is 0 Å². The average Bonchev–Trinajstić information content (AvgIpc) is 3.35. The molecule has 0 saturated heterocycles. The largest absolute Gasteiger partial charge is 0.356 e. The lowest BCUT2D eigenvalue weighted by Crippen LogP contribution is -2.06. The number of anilines is 2. The van der Waals surface area contributed by atoms with Gasteiger partial charge in [-0.2, -0.15) is 0 Å². The second-order valence-electron chi connectivity index (χ2n) is 10.0. The van der Waals surface area contributed by atoms with E-state index in [1.807, 2.05) is 78.9 Å². The van der Waals surface area contributed by atoms with Gasteiger partial charge in [0.15, 0.2) is 23.3 Å². The number of para-hydroxylation sites is 1. The molecular weight excluding hydrogens is 536 g/mol. The second-order valence-corrected chi connectivity index (χ2v) is 10.0. The van der Waals surface area contributed by atoms with Crippen LogP contribution in [0.5, 0.6) is 0 Å². The lowest BCUT2D eigenvalue weighted by atomic mass is 10.0. The third-order valence-corrected chi connectivity index (χ3v) is 7.48. The molecule has 1 N–H and O–H groups in total. The highest BCUT2D eigenvalue weighted by Gasteiger charge is 2.24. The maximum absolute atomic E-state index is 14.9. The maximum atomic E-state index is 14.9. The van der Waals surface area contributed by atoms with Crippen molar-refractivity contribution in [3.05, 3.63) is 151 Å². The average molecular weight is 559 g/mol. The zero-order chi connectivity index (χ0) is 28.8. The molecule has 0 aliphatic heterocycles. The highest BCUT2D eigenvalue weighted by Crippen LogP contribution is 2.37. The molecule has 0 unspecified atom stereocenters. The minimum atomic E-state index is -1.45. The van der Waals surface area contributed by atoms with Crippen molar-refractivity contribution in [2.75, 3.05) is 5.32 Å². The normalized spacial score (nSPS) is 11.3. The minimum Gasteiger partial charge on any atom is -0.356 e. The Morgan fingerprint density at radius 1 is 0.429 bits per heavy atom. The van der Waals surface area contributed by atoms with Crippen LogP contribution in [0.4, 0.5) is 28.9 Å². The lowest BCUT2D eigenvalue weighted by molar-refractivity contribution is 0.449. The summed E-state index contributed by atoms with van der Waals surface area (Å²) in [7, 11) is 0. The maximum Gasteiger partial charge on any atom is 0.186 e. The lowest BCUT2D eigenvalue weighted by Gasteiger charge is -2.12. The molecule has 0 aliphatic rings. The van der Waals surface area contributed by atoms with Crippen LogP contribution in [-0.2, 0) is 0 Å². The number of rotatable bonds is 5. The van der Waals surface area contributed by atoms with E-state index in [1.54, 1.807) is 18.2 Å². The SMILES string of the molecule is Fc1cc(F)c(F)c(-n2c3ccccc3c3cc(-c4ccc(Nc5ccc(-c6ccccc6)cc5)cc4)ccc32)c1F. The molecule has 1 heterocycles. The first-order chi connectivity index (χ1) is 20.5. The van der Waals surface area contributed by atoms with Crippen LogP contribution in [0.3, 0.4) is 0 Å². The molecule has 7 rings (SSSR count). The van der Waals surface area contributed by atoms with Crippen LogP contribution in [0.25, 0.3) is 49.7 Å². The van der Waals surface area contributed by atoms with Crippen molar-refractivity contribution in [2.24, 2.45) is 0 Å². The van der Waals surface area contributed by atoms with Gasteiger partial charge in [-0.25, -0.2) is 17.6 Å². The monoisotopic (exact) mass is 558 g/mol. The fourth-order valence-corrected chi connectivity index (χ4v) is 5.44. The van der Waals surface area contributed by atoms with Crippen molar-refractivity contribution >= 4 is 33.2 Å². The Labute approximate surface area is 239 Å². The number of hydrogen-bond donors (Lipinski definition) is 1. The highest BCUT2D eigenvalue weighted by atomic mass is 19.2. The summed E-state index contributed by atoms with van der Waals surface area (Å²) in [6, 6.07) is 39.1. The van der Waals surface area contributed by atoms with Gasteiger partial charge in [0.2, 0.25) is 0 Å². The Balaban J connectivity index is 1.23. The Hall–Kier alpha value is -5.36. The summed E-state index contributed by atoms with van der Waals surface area (Å²) in [6.45, 7) is 0. The zero-order valence-electron chi connectivity index (χ0n) is 22.1. The number of hydrogen-bond acceptors (Lipinski definition) is 1. The molecular formula is C36H22F4N2. The van der Waals surface area contributed by atoms with Crippen LogP contribution in [-0.4, -0.2) is 4.57 Å². The fourth-order valence-electron chi connectivity index (χ4n) is 5.44. The van der Waals surface area contributed by atoms with Gasteiger partial charge in [-0.15, -0.1) is 0 Å². The van der Waals surface area contributed by atoms with Crippen LogP contribution >= 0.6 is 0 Å². The molecule has 0 radical (unpaired) electrons. The van der Waals surface area contributed by atoms with Gasteiger partial charge < -0.3 is 9.88 Å². The van der Waals surface area contributed by atoms with Gasteiger partial charge in [0.1, 0.15) is 5.69 Å². The molecule has 0 bridgehead atoms. The third kappa shape index (κ3) is 4.38. The fraction of sp³-hybridized carbons (Fsp3) is 0. The number of fused-ring (bicyclic) bond motifs is 3. The van der Waals surface area contributed by atoms with Crippen molar-refractivity contribution in [2.45, 2.75) is 0 Å². The van der Waals surface area contributed by atoms with Crippen LogP contribution in [0, 0.1) is 23.3 Å². The Morgan fingerprint density at radius 3 is 1.57 bits per heavy atom. The van der Waals surface area contributed by atoms with E-state index in [0.29, 0.717) is 21.8 Å². The van der Waals surface area contributed by atoms with Crippen molar-refractivity contribution in [3.63, 3.8) is 0 Å². The number of halogens is 4. The molecule has 204 valence electrons. The van der Waals surface area contributed by atoms with Gasteiger partial charge in [-0.3, -0.25) is 0 Å². The van der Waals surface area contributed by atoms with Gasteiger partial charge >= 0.3 is 0 Å². The quantitative estimate of drug-likeness (QED) is 0.164. The summed E-state index contributed by atoms with van der Waals surface area (Å²) < 4.78 is 59.3. The Bertz CT molecular complexity index is 2060. The van der Waals surface area contributed by atoms with E-state index >= 15 is 0 Å². The molecule has 6 heteroatoms. The summed E-state index contributed by atoms with van der Waals surface area (Å²) in [4.78, 5) is 0. The molecule has 7 aromatic rings. The van der Waals surface area contributed by atoms with Crippen molar-refractivity contribution in [1.29, 1.82) is 0 Å². The number of nitrogens with one attached hydrogen (secondary N) is 1. The van der Waals surface area contributed by atoms with E-state index in [2.05, 4.69) is 29.6 Å². The first kappa shape index (κ1) is 25.6. The molecule has 0 atom stereocenters. The third-order valence-electron chi connectivity index (χ3n) is 7.48. The summed E-state index contributed by atoms with van der Waals surface area (Å²) in [5, 5.41) is 4.83. The van der Waals surface area contributed by atoms with Crippen molar-refractivity contribution in [3.8, 4) is 27.9 Å². The molecule has 42 heavy (non-hydrogen) atoms. The highest BCUT2D eigenvalue weighted by molar-refractivity contribution is 6.10. The molecule has 1 aromatic heterocycles. The van der Waals surface area contributed by atoms with E-state index in [-0.39, 0.29) is 6.07 Å². The Morgan fingerprint density at radius 2 is 0.929 bits per heavy atom. The van der Waals surface area contributed by atoms with Gasteiger partial charge in [0.05, 0.1) is 11.0 Å². The van der Waals surface area contributed by atoms with Crippen molar-refractivity contribution < 1.29 is 17.6 Å². The van der Waals surface area contributed by atoms with Crippen molar-refractivity contribution in [1.82, 2.24) is 4.57 Å². The van der Waals surface area contributed by atoms with Gasteiger partial charge in [-0.05, 0) is 64.7 Å².